The van der Waals surface area contributed by atoms with Gasteiger partial charge < -0.3 is 14.1 Å². The minimum atomic E-state index is -0.712. The molecule has 15 rings (SSSR count). The molecule has 2 aliphatic carbocycles. The molecule has 1 aliphatic heterocycles. The third-order valence-corrected chi connectivity index (χ3v) is 15.1. The second-order valence-electron chi connectivity index (χ2n) is 18.6. The van der Waals surface area contributed by atoms with Gasteiger partial charge in [0, 0.05) is 39.0 Å². The average molecular weight is 892 g/mol. The SMILES string of the molecule is c1ccc(-c2ccc(N(c3ccc4c(c3)-c3ccccc3Oc3ccccc3-4)c3ccc4c(c3)C3(c5ccccc5-c5ccccc5-4)c4ccccc4-c4c3ccc3oc5ccccc5c43)cc2)cc1. The second kappa shape index (κ2) is 14.9. The monoisotopic (exact) mass is 891 g/mol. The summed E-state index contributed by atoms with van der Waals surface area (Å²) in [6.45, 7) is 0. The number of benzene rings is 11. The lowest BCUT2D eigenvalue weighted by molar-refractivity contribution is 0.488. The van der Waals surface area contributed by atoms with E-state index in [1.54, 1.807) is 0 Å². The van der Waals surface area contributed by atoms with Gasteiger partial charge in [0.25, 0.3) is 0 Å². The van der Waals surface area contributed by atoms with Gasteiger partial charge >= 0.3 is 0 Å². The summed E-state index contributed by atoms with van der Waals surface area (Å²) in [4.78, 5) is 2.44. The minimum Gasteiger partial charge on any atom is -0.456 e. The quantitative estimate of drug-likeness (QED) is 0.176. The molecule has 0 amide bonds. The Balaban J connectivity index is 1.04. The molecule has 2 heterocycles. The molecule has 12 aromatic rings. The van der Waals surface area contributed by atoms with Gasteiger partial charge in [0.2, 0.25) is 0 Å². The lowest BCUT2D eigenvalue weighted by Gasteiger charge is -2.36. The van der Waals surface area contributed by atoms with Crippen LogP contribution < -0.4 is 9.64 Å². The molecule has 3 nitrogen and oxygen atoms in total. The summed E-state index contributed by atoms with van der Waals surface area (Å²) in [5, 5.41) is 2.29. The van der Waals surface area contributed by atoms with E-state index in [2.05, 4.69) is 248 Å². The van der Waals surface area contributed by atoms with Crippen molar-refractivity contribution >= 4 is 39.0 Å². The number of hydrogen-bond donors (Lipinski definition) is 0. The summed E-state index contributed by atoms with van der Waals surface area (Å²) in [7, 11) is 0. The highest BCUT2D eigenvalue weighted by atomic mass is 16.5. The molecular weight excluding hydrogens is 851 g/mol. The summed E-state index contributed by atoms with van der Waals surface area (Å²) in [6, 6.07) is 90.9. The van der Waals surface area contributed by atoms with E-state index < -0.39 is 5.41 Å². The smallest absolute Gasteiger partial charge is 0.136 e. The number of anilines is 3. The fourth-order valence-electron chi connectivity index (χ4n) is 12.2. The molecule has 3 aliphatic rings. The molecule has 70 heavy (non-hydrogen) atoms. The molecule has 0 radical (unpaired) electrons. The number of hydrogen-bond acceptors (Lipinski definition) is 3. The number of furan rings is 1. The van der Waals surface area contributed by atoms with Crippen LogP contribution in [-0.4, -0.2) is 0 Å². The van der Waals surface area contributed by atoms with E-state index in [0.717, 1.165) is 72.8 Å². The maximum Gasteiger partial charge on any atom is 0.136 e. The van der Waals surface area contributed by atoms with Crippen LogP contribution in [0.2, 0.25) is 0 Å². The highest BCUT2D eigenvalue weighted by Crippen LogP contribution is 2.64. The Hall–Kier alpha value is -9.18. The van der Waals surface area contributed by atoms with E-state index in [-0.39, 0.29) is 0 Å². The van der Waals surface area contributed by atoms with Crippen LogP contribution in [0.4, 0.5) is 17.1 Å². The normalized spacial score (nSPS) is 14.5. The van der Waals surface area contributed by atoms with Crippen molar-refractivity contribution in [2.24, 2.45) is 0 Å². The van der Waals surface area contributed by atoms with Gasteiger partial charge in [-0.2, -0.15) is 0 Å². The number of fused-ring (bicyclic) bond motifs is 21. The van der Waals surface area contributed by atoms with Crippen LogP contribution in [0.5, 0.6) is 11.5 Å². The molecule has 0 fully saturated rings. The predicted molar refractivity (Wildman–Crippen MR) is 287 cm³/mol. The van der Waals surface area contributed by atoms with E-state index >= 15 is 0 Å². The molecule has 326 valence electrons. The molecule has 1 atom stereocenters. The summed E-state index contributed by atoms with van der Waals surface area (Å²) in [6.07, 6.45) is 0. The van der Waals surface area contributed by atoms with Crippen LogP contribution in [-0.2, 0) is 5.41 Å². The third-order valence-electron chi connectivity index (χ3n) is 15.1. The van der Waals surface area contributed by atoms with Crippen molar-refractivity contribution in [3.63, 3.8) is 0 Å². The van der Waals surface area contributed by atoms with Gasteiger partial charge in [-0.05, 0) is 139 Å². The second-order valence-corrected chi connectivity index (χ2v) is 18.6. The molecule has 3 heteroatoms. The van der Waals surface area contributed by atoms with Crippen molar-refractivity contribution in [3.8, 4) is 78.3 Å². The Morgan fingerprint density at radius 3 is 1.56 bits per heavy atom. The minimum absolute atomic E-state index is 0.712. The largest absolute Gasteiger partial charge is 0.456 e. The number of para-hydroxylation sites is 3. The van der Waals surface area contributed by atoms with Crippen molar-refractivity contribution in [1.82, 2.24) is 0 Å². The fourth-order valence-corrected chi connectivity index (χ4v) is 12.2. The molecule has 1 unspecified atom stereocenters. The highest BCUT2D eigenvalue weighted by Gasteiger charge is 2.51. The Bertz CT molecular complexity index is 4110. The number of rotatable bonds is 4. The van der Waals surface area contributed by atoms with Gasteiger partial charge in [-0.1, -0.05) is 188 Å². The lowest BCUT2D eigenvalue weighted by Crippen LogP contribution is -2.29. The van der Waals surface area contributed by atoms with Gasteiger partial charge in [0.1, 0.15) is 22.7 Å². The van der Waals surface area contributed by atoms with Crippen LogP contribution in [0.1, 0.15) is 22.3 Å². The molecule has 11 aromatic carbocycles. The number of ether oxygens (including phenoxy) is 1. The highest BCUT2D eigenvalue weighted by molar-refractivity contribution is 6.16. The summed E-state index contributed by atoms with van der Waals surface area (Å²) >= 11 is 0. The molecule has 1 aromatic heterocycles. The topological polar surface area (TPSA) is 25.6 Å². The van der Waals surface area contributed by atoms with E-state index in [9.17, 15) is 0 Å². The Morgan fingerprint density at radius 1 is 0.300 bits per heavy atom. The molecule has 0 N–H and O–H groups in total. The first-order chi connectivity index (χ1) is 34.7. The zero-order chi connectivity index (χ0) is 45.9. The fraction of sp³-hybridized carbons (Fsp3) is 0.0149. The molecular formula is C67H41NO2. The molecule has 0 saturated heterocycles. The summed E-state index contributed by atoms with van der Waals surface area (Å²) < 4.78 is 13.3. The van der Waals surface area contributed by atoms with E-state index in [4.69, 9.17) is 9.15 Å². The summed E-state index contributed by atoms with van der Waals surface area (Å²) in [5.41, 5.74) is 23.3. The van der Waals surface area contributed by atoms with E-state index in [1.165, 1.54) is 66.8 Å². The first-order valence-electron chi connectivity index (χ1n) is 24.1. The van der Waals surface area contributed by atoms with Crippen molar-refractivity contribution in [2.75, 3.05) is 4.90 Å². The molecule has 0 saturated carbocycles. The van der Waals surface area contributed by atoms with Crippen LogP contribution in [0.3, 0.4) is 0 Å². The zero-order valence-electron chi connectivity index (χ0n) is 37.9. The average Bonchev–Trinajstić information content (AvgIpc) is 3.88. The van der Waals surface area contributed by atoms with Crippen LogP contribution in [0, 0.1) is 0 Å². The van der Waals surface area contributed by atoms with Gasteiger partial charge in [-0.25, -0.2) is 0 Å². The Labute approximate surface area is 405 Å². The van der Waals surface area contributed by atoms with Crippen molar-refractivity contribution < 1.29 is 9.15 Å². The standard InChI is InChI=1S/C67H41NO2/c1-2-16-42(17-3-1)43-30-32-44(33-31-43)68(45-34-36-49-52-21-8-13-27-61(52)69-62-28-14-9-22-53(62)56(49)40-45)46-35-37-51-48-19-5-4-18-47(48)50-20-6-11-25-57(50)67(60(51)41-46)58-26-12-7-23-54(58)65-59(67)38-39-64-66(65)55-24-10-15-29-63(55)70-64/h1-41H. The van der Waals surface area contributed by atoms with E-state index in [0.29, 0.717) is 0 Å². The summed E-state index contributed by atoms with van der Waals surface area (Å²) in [5.74, 6) is 1.69. The van der Waals surface area contributed by atoms with E-state index in [1.807, 2.05) is 6.07 Å². The van der Waals surface area contributed by atoms with Crippen LogP contribution in [0.15, 0.2) is 253 Å². The van der Waals surface area contributed by atoms with Crippen molar-refractivity contribution in [2.45, 2.75) is 5.41 Å². The Kier molecular flexibility index (Phi) is 8.28. The maximum atomic E-state index is 6.68. The first kappa shape index (κ1) is 38.9. The zero-order valence-corrected chi connectivity index (χ0v) is 37.9. The van der Waals surface area contributed by atoms with Gasteiger partial charge in [-0.3, -0.25) is 0 Å². The van der Waals surface area contributed by atoms with Gasteiger partial charge in [0.15, 0.2) is 0 Å². The van der Waals surface area contributed by atoms with Crippen LogP contribution in [0.25, 0.3) is 88.7 Å². The molecule has 1 spiro atoms. The van der Waals surface area contributed by atoms with Crippen molar-refractivity contribution in [1.29, 1.82) is 0 Å². The first-order valence-corrected chi connectivity index (χ1v) is 24.1. The lowest BCUT2D eigenvalue weighted by atomic mass is 9.65. The predicted octanol–water partition coefficient (Wildman–Crippen LogP) is 18.2. The number of nitrogens with zero attached hydrogens (tertiary/aromatic N) is 1. The molecule has 0 bridgehead atoms. The van der Waals surface area contributed by atoms with Crippen molar-refractivity contribution in [3.05, 3.63) is 271 Å². The third kappa shape index (κ3) is 5.46. The van der Waals surface area contributed by atoms with Gasteiger partial charge in [0.05, 0.1) is 5.41 Å². The maximum absolute atomic E-state index is 6.68. The van der Waals surface area contributed by atoms with Crippen LogP contribution >= 0.6 is 0 Å². The Morgan fingerprint density at radius 2 is 0.814 bits per heavy atom. The van der Waals surface area contributed by atoms with Gasteiger partial charge in [-0.15, -0.1) is 0 Å².